The summed E-state index contributed by atoms with van der Waals surface area (Å²) in [6.07, 6.45) is 10.1. The molecule has 0 aromatic carbocycles. The van der Waals surface area contributed by atoms with Crippen LogP contribution in [-0.2, 0) is 6.54 Å². The fourth-order valence-corrected chi connectivity index (χ4v) is 2.11. The molecule has 0 aliphatic carbocycles. The van der Waals surface area contributed by atoms with Crippen molar-refractivity contribution in [2.75, 3.05) is 19.6 Å². The molecule has 0 bridgehead atoms. The molecular formula is C15H27N3. The predicted octanol–water partition coefficient (Wildman–Crippen LogP) is 2.81. The number of unbranched alkanes of at least 4 members (excludes halogenated alkanes) is 4. The average Bonchev–Trinajstić information content (AvgIpc) is 2.42. The van der Waals surface area contributed by atoms with Gasteiger partial charge in [-0.2, -0.15) is 0 Å². The third-order valence-corrected chi connectivity index (χ3v) is 3.28. The monoisotopic (exact) mass is 249 g/mol. The Morgan fingerprint density at radius 3 is 2.39 bits per heavy atom. The van der Waals surface area contributed by atoms with Gasteiger partial charge in [-0.3, -0.25) is 9.88 Å². The van der Waals surface area contributed by atoms with Gasteiger partial charge in [0.25, 0.3) is 0 Å². The molecule has 0 amide bonds. The maximum Gasteiger partial charge on any atom is 0.0271 e. The summed E-state index contributed by atoms with van der Waals surface area (Å²) in [5.41, 5.74) is 6.84. The maximum absolute atomic E-state index is 5.49. The van der Waals surface area contributed by atoms with Gasteiger partial charge in [-0.1, -0.05) is 26.2 Å². The van der Waals surface area contributed by atoms with Crippen LogP contribution < -0.4 is 5.73 Å². The largest absolute Gasteiger partial charge is 0.330 e. The Morgan fingerprint density at radius 1 is 1.06 bits per heavy atom. The number of rotatable bonds is 10. The Kier molecular flexibility index (Phi) is 8.43. The highest BCUT2D eigenvalue weighted by molar-refractivity contribution is 5.09. The van der Waals surface area contributed by atoms with E-state index in [2.05, 4.69) is 28.9 Å². The summed E-state index contributed by atoms with van der Waals surface area (Å²) >= 11 is 0. The van der Waals surface area contributed by atoms with Crippen LogP contribution in [0, 0.1) is 0 Å². The molecule has 0 saturated heterocycles. The first-order valence-electron chi connectivity index (χ1n) is 7.18. The van der Waals surface area contributed by atoms with Gasteiger partial charge in [0.15, 0.2) is 0 Å². The highest BCUT2D eigenvalue weighted by Gasteiger charge is 2.03. The fourth-order valence-electron chi connectivity index (χ4n) is 2.11. The number of aromatic nitrogens is 1. The highest BCUT2D eigenvalue weighted by Crippen LogP contribution is 2.07. The van der Waals surface area contributed by atoms with Gasteiger partial charge in [-0.25, -0.2) is 0 Å². The molecule has 1 aromatic rings. The number of nitrogens with two attached hydrogens (primary N) is 1. The summed E-state index contributed by atoms with van der Waals surface area (Å²) in [4.78, 5) is 6.55. The first kappa shape index (κ1) is 15.1. The fraction of sp³-hybridized carbons (Fsp3) is 0.667. The average molecular weight is 249 g/mol. The van der Waals surface area contributed by atoms with Gasteiger partial charge in [0.05, 0.1) is 0 Å². The molecule has 3 heteroatoms. The van der Waals surface area contributed by atoms with Gasteiger partial charge in [0, 0.05) is 18.9 Å². The van der Waals surface area contributed by atoms with Crippen LogP contribution in [0.15, 0.2) is 24.5 Å². The van der Waals surface area contributed by atoms with E-state index in [0.717, 1.165) is 19.6 Å². The second-order valence-electron chi connectivity index (χ2n) is 4.78. The van der Waals surface area contributed by atoms with Crippen LogP contribution in [0.3, 0.4) is 0 Å². The first-order chi connectivity index (χ1) is 8.86. The molecule has 1 aromatic heterocycles. The van der Waals surface area contributed by atoms with Crippen LogP contribution >= 0.6 is 0 Å². The third kappa shape index (κ3) is 6.72. The van der Waals surface area contributed by atoms with Gasteiger partial charge in [0.2, 0.25) is 0 Å². The number of nitrogens with zero attached hydrogens (tertiary/aromatic N) is 2. The van der Waals surface area contributed by atoms with Crippen molar-refractivity contribution in [2.45, 2.75) is 45.6 Å². The predicted molar refractivity (Wildman–Crippen MR) is 77.3 cm³/mol. The molecule has 2 N–H and O–H groups in total. The van der Waals surface area contributed by atoms with E-state index in [1.165, 1.54) is 44.2 Å². The summed E-state index contributed by atoms with van der Waals surface area (Å²) < 4.78 is 0. The van der Waals surface area contributed by atoms with E-state index < -0.39 is 0 Å². The molecule has 0 saturated carbocycles. The summed E-state index contributed by atoms with van der Waals surface area (Å²) in [6.45, 7) is 6.42. The van der Waals surface area contributed by atoms with Gasteiger partial charge >= 0.3 is 0 Å². The van der Waals surface area contributed by atoms with Crippen molar-refractivity contribution in [1.29, 1.82) is 0 Å². The number of hydrogen-bond donors (Lipinski definition) is 1. The van der Waals surface area contributed by atoms with Crippen LogP contribution in [0.1, 0.15) is 44.6 Å². The van der Waals surface area contributed by atoms with Crippen LogP contribution in [0.4, 0.5) is 0 Å². The Morgan fingerprint density at radius 2 is 1.72 bits per heavy atom. The standard InChI is InChI=1S/C15H27N3/c1-2-18(13-7-5-3-4-6-10-16)14-15-8-11-17-12-9-15/h8-9,11-12H,2-7,10,13-14,16H2,1H3. The van der Waals surface area contributed by atoms with E-state index in [1.807, 2.05) is 12.4 Å². The van der Waals surface area contributed by atoms with E-state index in [1.54, 1.807) is 0 Å². The molecule has 1 heterocycles. The lowest BCUT2D eigenvalue weighted by Crippen LogP contribution is -2.24. The van der Waals surface area contributed by atoms with Crippen molar-refractivity contribution in [2.24, 2.45) is 5.73 Å². The topological polar surface area (TPSA) is 42.1 Å². The molecule has 0 fully saturated rings. The summed E-state index contributed by atoms with van der Waals surface area (Å²) in [7, 11) is 0. The zero-order chi connectivity index (χ0) is 13.1. The highest BCUT2D eigenvalue weighted by atomic mass is 15.1. The zero-order valence-electron chi connectivity index (χ0n) is 11.6. The summed E-state index contributed by atoms with van der Waals surface area (Å²) in [6, 6.07) is 4.20. The molecule has 0 aliphatic rings. The Bertz CT molecular complexity index is 287. The molecule has 18 heavy (non-hydrogen) atoms. The number of pyridine rings is 1. The van der Waals surface area contributed by atoms with E-state index in [4.69, 9.17) is 5.73 Å². The Labute approximate surface area is 111 Å². The molecule has 0 unspecified atom stereocenters. The van der Waals surface area contributed by atoms with Crippen LogP contribution in [0.25, 0.3) is 0 Å². The van der Waals surface area contributed by atoms with Crippen molar-refractivity contribution >= 4 is 0 Å². The van der Waals surface area contributed by atoms with Crippen LogP contribution in [-0.4, -0.2) is 29.5 Å². The molecule has 0 radical (unpaired) electrons. The van der Waals surface area contributed by atoms with Crippen LogP contribution in [0.2, 0.25) is 0 Å². The Hall–Kier alpha value is -0.930. The SMILES string of the molecule is CCN(CCCCCCCN)Cc1ccncc1. The first-order valence-corrected chi connectivity index (χ1v) is 7.18. The lowest BCUT2D eigenvalue weighted by atomic mass is 10.1. The molecule has 102 valence electrons. The lowest BCUT2D eigenvalue weighted by Gasteiger charge is -2.20. The minimum atomic E-state index is 0.836. The van der Waals surface area contributed by atoms with Gasteiger partial charge < -0.3 is 5.73 Å². The second-order valence-corrected chi connectivity index (χ2v) is 4.78. The minimum absolute atomic E-state index is 0.836. The lowest BCUT2D eigenvalue weighted by molar-refractivity contribution is 0.272. The maximum atomic E-state index is 5.49. The molecule has 0 aliphatic heterocycles. The van der Waals surface area contributed by atoms with E-state index in [9.17, 15) is 0 Å². The normalized spacial score (nSPS) is 11.1. The molecular weight excluding hydrogens is 222 g/mol. The molecule has 3 nitrogen and oxygen atoms in total. The third-order valence-electron chi connectivity index (χ3n) is 3.28. The smallest absolute Gasteiger partial charge is 0.0271 e. The van der Waals surface area contributed by atoms with Gasteiger partial charge in [0.1, 0.15) is 0 Å². The number of hydrogen-bond acceptors (Lipinski definition) is 3. The van der Waals surface area contributed by atoms with Crippen molar-refractivity contribution in [3.8, 4) is 0 Å². The second kappa shape index (κ2) is 10.0. The molecule has 1 rings (SSSR count). The van der Waals surface area contributed by atoms with Gasteiger partial charge in [-0.15, -0.1) is 0 Å². The Balaban J connectivity index is 2.14. The van der Waals surface area contributed by atoms with Crippen molar-refractivity contribution in [1.82, 2.24) is 9.88 Å². The van der Waals surface area contributed by atoms with E-state index in [0.29, 0.717) is 0 Å². The summed E-state index contributed by atoms with van der Waals surface area (Å²) in [5, 5.41) is 0. The van der Waals surface area contributed by atoms with Crippen molar-refractivity contribution in [3.63, 3.8) is 0 Å². The van der Waals surface area contributed by atoms with E-state index in [-0.39, 0.29) is 0 Å². The van der Waals surface area contributed by atoms with E-state index >= 15 is 0 Å². The molecule has 0 spiro atoms. The quantitative estimate of drug-likeness (QED) is 0.648. The minimum Gasteiger partial charge on any atom is -0.330 e. The van der Waals surface area contributed by atoms with Crippen molar-refractivity contribution < 1.29 is 0 Å². The zero-order valence-corrected chi connectivity index (χ0v) is 11.6. The van der Waals surface area contributed by atoms with Gasteiger partial charge in [-0.05, 0) is 50.2 Å². The summed E-state index contributed by atoms with van der Waals surface area (Å²) in [5.74, 6) is 0. The van der Waals surface area contributed by atoms with Crippen molar-refractivity contribution in [3.05, 3.63) is 30.1 Å². The van der Waals surface area contributed by atoms with Crippen LogP contribution in [0.5, 0.6) is 0 Å². The molecule has 0 atom stereocenters.